The lowest BCUT2D eigenvalue weighted by Crippen LogP contribution is -2.61. The average molecular weight is 349 g/mol. The van der Waals surface area contributed by atoms with Gasteiger partial charge in [-0.25, -0.2) is 8.42 Å². The van der Waals surface area contributed by atoms with Gasteiger partial charge in [-0.05, 0) is 30.5 Å². The molecule has 0 aromatic carbocycles. The number of pyridine rings is 1. The minimum atomic E-state index is -3.09. The summed E-state index contributed by atoms with van der Waals surface area (Å²) in [6, 6.07) is 3.63. The van der Waals surface area contributed by atoms with Crippen molar-refractivity contribution in [3.8, 4) is 0 Å². The van der Waals surface area contributed by atoms with E-state index in [2.05, 4.69) is 9.88 Å². The summed E-state index contributed by atoms with van der Waals surface area (Å²) in [7, 11) is -3.09. The van der Waals surface area contributed by atoms with Crippen LogP contribution in [0.25, 0.3) is 0 Å². The maximum Gasteiger partial charge on any atom is 0.228 e. The Bertz CT molecular complexity index is 746. The lowest BCUT2D eigenvalue weighted by Gasteiger charge is -2.44. The normalized spacial score (nSPS) is 30.8. The highest BCUT2D eigenvalue weighted by Crippen LogP contribution is 2.47. The summed E-state index contributed by atoms with van der Waals surface area (Å²) in [6.45, 7) is 4.05. The van der Waals surface area contributed by atoms with Gasteiger partial charge in [0.15, 0.2) is 9.84 Å². The van der Waals surface area contributed by atoms with E-state index in [9.17, 15) is 13.2 Å². The van der Waals surface area contributed by atoms with Crippen molar-refractivity contribution in [2.24, 2.45) is 5.41 Å². The molecule has 0 spiro atoms. The maximum absolute atomic E-state index is 12.8. The fourth-order valence-electron chi connectivity index (χ4n) is 3.94. The molecule has 3 fully saturated rings. The van der Waals surface area contributed by atoms with Crippen LogP contribution in [0, 0.1) is 5.41 Å². The monoisotopic (exact) mass is 349 g/mol. The molecular weight excluding hydrogens is 326 g/mol. The second kappa shape index (κ2) is 5.52. The maximum atomic E-state index is 12.8. The van der Waals surface area contributed by atoms with Gasteiger partial charge in [0.1, 0.15) is 0 Å². The van der Waals surface area contributed by atoms with Crippen molar-refractivity contribution >= 4 is 15.7 Å². The highest BCUT2D eigenvalue weighted by molar-refractivity contribution is 7.91. The zero-order valence-corrected chi connectivity index (χ0v) is 14.7. The Morgan fingerprint density at radius 1 is 1.21 bits per heavy atom. The molecular formula is C17H23N3O3S. The number of piperazine rings is 1. The number of rotatable bonds is 3. The van der Waals surface area contributed by atoms with Crippen molar-refractivity contribution < 1.29 is 13.2 Å². The molecule has 24 heavy (non-hydrogen) atoms. The Morgan fingerprint density at radius 3 is 2.54 bits per heavy atom. The van der Waals surface area contributed by atoms with Crippen LogP contribution in [0.4, 0.5) is 0 Å². The van der Waals surface area contributed by atoms with Gasteiger partial charge in [0.05, 0.1) is 17.5 Å². The van der Waals surface area contributed by atoms with Crippen molar-refractivity contribution in [2.75, 3.05) is 24.6 Å². The first kappa shape index (κ1) is 16.0. The van der Waals surface area contributed by atoms with Crippen LogP contribution in [0.15, 0.2) is 24.5 Å². The summed E-state index contributed by atoms with van der Waals surface area (Å²) < 4.78 is 24.5. The predicted octanol–water partition coefficient (Wildman–Crippen LogP) is 0.692. The Morgan fingerprint density at radius 2 is 1.88 bits per heavy atom. The van der Waals surface area contributed by atoms with Crippen LogP contribution in [0.1, 0.15) is 25.3 Å². The summed E-state index contributed by atoms with van der Waals surface area (Å²) in [6.07, 6.45) is 5.36. The summed E-state index contributed by atoms with van der Waals surface area (Å²) in [5.41, 5.74) is 0.881. The second-order valence-corrected chi connectivity index (χ2v) is 9.75. The van der Waals surface area contributed by atoms with E-state index < -0.39 is 9.84 Å². The fraction of sp³-hybridized carbons (Fsp3) is 0.647. The van der Waals surface area contributed by atoms with Crippen molar-refractivity contribution in [2.45, 2.75) is 38.4 Å². The number of carbonyl (C=O) groups is 1. The summed E-state index contributed by atoms with van der Waals surface area (Å²) in [5.74, 6) is 0.411. The number of fused-ring (bicyclic) bond motifs is 1. The SMILES string of the molecule is CC1(C(=O)N2CCN(Cc3ccncc3)[C@@H]3CS(=O)(=O)C[C@@H]32)CC1. The molecule has 0 N–H and O–H groups in total. The van der Waals surface area contributed by atoms with Crippen molar-refractivity contribution in [3.63, 3.8) is 0 Å². The first-order chi connectivity index (χ1) is 11.4. The number of carbonyl (C=O) groups excluding carboxylic acids is 1. The van der Waals surface area contributed by atoms with Crippen molar-refractivity contribution in [1.82, 2.24) is 14.8 Å². The van der Waals surface area contributed by atoms with Gasteiger partial charge >= 0.3 is 0 Å². The first-order valence-corrected chi connectivity index (χ1v) is 10.3. The van der Waals surface area contributed by atoms with Gasteiger partial charge in [0.25, 0.3) is 0 Å². The van der Waals surface area contributed by atoms with Crippen LogP contribution in [0.5, 0.6) is 0 Å². The Balaban J connectivity index is 1.57. The van der Waals surface area contributed by atoms with Crippen molar-refractivity contribution in [3.05, 3.63) is 30.1 Å². The van der Waals surface area contributed by atoms with E-state index in [0.29, 0.717) is 13.1 Å². The number of hydrogen-bond donors (Lipinski definition) is 0. The number of sulfone groups is 1. The van der Waals surface area contributed by atoms with E-state index in [4.69, 9.17) is 0 Å². The molecule has 2 aliphatic heterocycles. The number of amides is 1. The van der Waals surface area contributed by atoms with Gasteiger partial charge in [0.2, 0.25) is 5.91 Å². The summed E-state index contributed by atoms with van der Waals surface area (Å²) >= 11 is 0. The molecule has 0 unspecified atom stereocenters. The topological polar surface area (TPSA) is 70.6 Å². The molecule has 3 heterocycles. The Labute approximate surface area is 142 Å². The van der Waals surface area contributed by atoms with Crippen molar-refractivity contribution in [1.29, 1.82) is 0 Å². The van der Waals surface area contributed by atoms with Gasteiger partial charge in [-0.15, -0.1) is 0 Å². The smallest absolute Gasteiger partial charge is 0.228 e. The quantitative estimate of drug-likeness (QED) is 0.803. The molecule has 1 amide bonds. The molecule has 1 aliphatic carbocycles. The third-order valence-electron chi connectivity index (χ3n) is 5.70. The van der Waals surface area contributed by atoms with E-state index in [1.165, 1.54) is 0 Å². The van der Waals surface area contributed by atoms with E-state index in [-0.39, 0.29) is 34.9 Å². The van der Waals surface area contributed by atoms with Crippen LogP contribution in [0.2, 0.25) is 0 Å². The molecule has 0 radical (unpaired) electrons. The van der Waals surface area contributed by atoms with Gasteiger partial charge < -0.3 is 4.90 Å². The Kier molecular flexibility index (Phi) is 3.69. The highest BCUT2D eigenvalue weighted by Gasteiger charge is 2.53. The summed E-state index contributed by atoms with van der Waals surface area (Å²) in [4.78, 5) is 20.9. The third kappa shape index (κ3) is 2.84. The van der Waals surface area contributed by atoms with E-state index in [1.807, 2.05) is 24.0 Å². The second-order valence-electron chi connectivity index (χ2n) is 7.60. The van der Waals surface area contributed by atoms with E-state index >= 15 is 0 Å². The molecule has 2 atom stereocenters. The van der Waals surface area contributed by atoms with Gasteiger partial charge in [-0.3, -0.25) is 14.7 Å². The number of nitrogens with zero attached hydrogens (tertiary/aromatic N) is 3. The van der Waals surface area contributed by atoms with Crippen LogP contribution < -0.4 is 0 Å². The van der Waals surface area contributed by atoms with Crippen LogP contribution in [0.3, 0.4) is 0 Å². The summed E-state index contributed by atoms with van der Waals surface area (Å²) in [5, 5.41) is 0. The number of aromatic nitrogens is 1. The molecule has 4 rings (SSSR count). The zero-order chi connectivity index (χ0) is 16.9. The molecule has 7 heteroatoms. The molecule has 1 aromatic heterocycles. The molecule has 1 aromatic rings. The van der Waals surface area contributed by atoms with E-state index in [0.717, 1.165) is 24.9 Å². The lowest BCUT2D eigenvalue weighted by atomic mass is 10.00. The van der Waals surface area contributed by atoms with Crippen LogP contribution in [-0.2, 0) is 21.2 Å². The van der Waals surface area contributed by atoms with Gasteiger partial charge in [0, 0.05) is 43.5 Å². The first-order valence-electron chi connectivity index (χ1n) is 8.52. The molecule has 0 bridgehead atoms. The van der Waals surface area contributed by atoms with Gasteiger partial charge in [-0.1, -0.05) is 6.92 Å². The Hall–Kier alpha value is -1.47. The molecule has 2 saturated heterocycles. The highest BCUT2D eigenvalue weighted by atomic mass is 32.2. The average Bonchev–Trinajstić information content (AvgIpc) is 3.20. The third-order valence-corrected chi connectivity index (χ3v) is 7.40. The van der Waals surface area contributed by atoms with Gasteiger partial charge in [-0.2, -0.15) is 0 Å². The predicted molar refractivity (Wildman–Crippen MR) is 89.9 cm³/mol. The van der Waals surface area contributed by atoms with Crippen LogP contribution in [-0.4, -0.2) is 65.8 Å². The molecule has 6 nitrogen and oxygen atoms in total. The molecule has 130 valence electrons. The minimum Gasteiger partial charge on any atom is -0.335 e. The van der Waals surface area contributed by atoms with Crippen LogP contribution >= 0.6 is 0 Å². The van der Waals surface area contributed by atoms with E-state index in [1.54, 1.807) is 12.4 Å². The fourth-order valence-corrected chi connectivity index (χ4v) is 5.96. The largest absolute Gasteiger partial charge is 0.335 e. The molecule has 1 saturated carbocycles. The zero-order valence-electron chi connectivity index (χ0n) is 13.9. The minimum absolute atomic E-state index is 0.0942. The standard InChI is InChI=1S/C17H23N3O3S/c1-17(4-5-17)16(21)20-9-8-19(10-13-2-6-18-7-3-13)14-11-24(22,23)12-15(14)20/h2-3,6-7,14-15H,4-5,8-12H2,1H3/t14-,15+/m1/s1. The number of hydrogen-bond acceptors (Lipinski definition) is 5. The molecule has 3 aliphatic rings. The lowest BCUT2D eigenvalue weighted by molar-refractivity contribution is -0.142.